The molecule has 0 fully saturated rings. The topological polar surface area (TPSA) is 84.2 Å². The van der Waals surface area contributed by atoms with Crippen LogP contribution in [0.2, 0.25) is 0 Å². The van der Waals surface area contributed by atoms with Gasteiger partial charge in [0.25, 0.3) is 10.0 Å². The third kappa shape index (κ3) is 4.37. The summed E-state index contributed by atoms with van der Waals surface area (Å²) in [5.74, 6) is 0.626. The van der Waals surface area contributed by atoms with Crippen LogP contribution in [0.25, 0.3) is 0 Å². The molecule has 8 heteroatoms. The first-order valence-corrected chi connectivity index (χ1v) is 9.07. The summed E-state index contributed by atoms with van der Waals surface area (Å²) in [6, 6.07) is 3.14. The second kappa shape index (κ2) is 7.17. The van der Waals surface area contributed by atoms with Crippen molar-refractivity contribution in [1.82, 2.24) is 15.0 Å². The predicted molar refractivity (Wildman–Crippen MR) is 81.8 cm³/mol. The van der Waals surface area contributed by atoms with Crippen molar-refractivity contribution in [2.24, 2.45) is 0 Å². The van der Waals surface area contributed by atoms with Gasteiger partial charge >= 0.3 is 0 Å². The molecule has 0 spiro atoms. The molecule has 0 saturated carbocycles. The fraction of sp³-hybridized carbons (Fsp3) is 0.462. The monoisotopic (exact) mass is 329 g/mol. The first-order chi connectivity index (χ1) is 10.0. The van der Waals surface area contributed by atoms with Crippen LogP contribution in [-0.4, -0.2) is 26.5 Å². The Kier molecular flexibility index (Phi) is 5.51. The van der Waals surface area contributed by atoms with Crippen LogP contribution in [0.1, 0.15) is 30.5 Å². The molecule has 2 heterocycles. The Morgan fingerprint density at radius 1 is 1.43 bits per heavy atom. The third-order valence-corrected chi connectivity index (χ3v) is 5.21. The van der Waals surface area contributed by atoms with E-state index in [9.17, 15) is 8.42 Å². The number of hydrogen-bond acceptors (Lipinski definition) is 6. The van der Waals surface area contributed by atoms with E-state index in [4.69, 9.17) is 4.42 Å². The Morgan fingerprint density at radius 2 is 2.24 bits per heavy atom. The van der Waals surface area contributed by atoms with Gasteiger partial charge in [0.05, 0.1) is 11.6 Å². The fourth-order valence-corrected chi connectivity index (χ4v) is 3.49. The first kappa shape index (κ1) is 16.2. The normalized spacial score (nSPS) is 13.4. The lowest BCUT2D eigenvalue weighted by Gasteiger charge is -2.09. The van der Waals surface area contributed by atoms with Crippen molar-refractivity contribution in [2.75, 3.05) is 13.1 Å². The summed E-state index contributed by atoms with van der Waals surface area (Å²) < 4.78 is 32.2. The highest BCUT2D eigenvalue weighted by atomic mass is 32.2. The Bertz CT molecular complexity index is 650. The summed E-state index contributed by atoms with van der Waals surface area (Å²) in [5.41, 5.74) is 0. The lowest BCUT2D eigenvalue weighted by Crippen LogP contribution is -2.27. The molecule has 2 aromatic rings. The van der Waals surface area contributed by atoms with Crippen molar-refractivity contribution in [3.05, 3.63) is 34.5 Å². The van der Waals surface area contributed by atoms with Gasteiger partial charge in [-0.3, -0.25) is 0 Å². The minimum Gasteiger partial charge on any atom is -0.447 e. The van der Waals surface area contributed by atoms with E-state index in [0.29, 0.717) is 18.8 Å². The Balaban J connectivity index is 1.96. The Morgan fingerprint density at radius 3 is 2.90 bits per heavy atom. The van der Waals surface area contributed by atoms with Gasteiger partial charge in [0.1, 0.15) is 5.76 Å². The highest BCUT2D eigenvalue weighted by molar-refractivity contribution is 7.89. The maximum Gasteiger partial charge on any atom is 0.273 e. The van der Waals surface area contributed by atoms with Crippen LogP contribution >= 0.6 is 11.3 Å². The molecule has 0 radical (unpaired) electrons. The van der Waals surface area contributed by atoms with Crippen LogP contribution in [0.3, 0.4) is 0 Å². The highest BCUT2D eigenvalue weighted by Crippen LogP contribution is 2.18. The molecule has 0 amide bonds. The van der Waals surface area contributed by atoms with Gasteiger partial charge in [0, 0.05) is 24.0 Å². The van der Waals surface area contributed by atoms with Gasteiger partial charge in [-0.05, 0) is 18.7 Å². The average Bonchev–Trinajstić information content (AvgIpc) is 3.13. The predicted octanol–water partition coefficient (Wildman–Crippen LogP) is 1.93. The average molecular weight is 329 g/mol. The molecule has 2 rings (SSSR count). The zero-order valence-corrected chi connectivity index (χ0v) is 13.6. The van der Waals surface area contributed by atoms with Crippen LogP contribution in [0.4, 0.5) is 0 Å². The van der Waals surface area contributed by atoms with E-state index >= 15 is 0 Å². The molecule has 2 N–H and O–H groups in total. The Hall–Kier alpha value is -1.22. The van der Waals surface area contributed by atoms with Crippen LogP contribution in [0, 0.1) is 0 Å². The number of rotatable bonds is 8. The lowest BCUT2D eigenvalue weighted by molar-refractivity contribution is 0.401. The summed E-state index contributed by atoms with van der Waals surface area (Å²) in [6.07, 6.45) is 1.71. The maximum absolute atomic E-state index is 12.2. The molecule has 0 saturated heterocycles. The van der Waals surface area contributed by atoms with Crippen LogP contribution in [0.15, 0.2) is 33.2 Å². The second-order valence-electron chi connectivity index (χ2n) is 4.62. The molecule has 2 aromatic heterocycles. The van der Waals surface area contributed by atoms with Crippen molar-refractivity contribution < 1.29 is 12.8 Å². The van der Waals surface area contributed by atoms with Crippen LogP contribution in [-0.2, 0) is 16.6 Å². The van der Waals surface area contributed by atoms with Gasteiger partial charge in [0.2, 0.25) is 5.09 Å². The lowest BCUT2D eigenvalue weighted by atomic mass is 10.2. The molecular weight excluding hydrogens is 310 g/mol. The summed E-state index contributed by atoms with van der Waals surface area (Å²) in [5, 5.41) is 5.81. The van der Waals surface area contributed by atoms with Gasteiger partial charge in [-0.15, -0.1) is 11.3 Å². The van der Waals surface area contributed by atoms with E-state index in [1.54, 1.807) is 12.3 Å². The van der Waals surface area contributed by atoms with Gasteiger partial charge in [-0.1, -0.05) is 13.8 Å². The summed E-state index contributed by atoms with van der Waals surface area (Å²) in [6.45, 7) is 5.51. The number of furan rings is 1. The van der Waals surface area contributed by atoms with Crippen molar-refractivity contribution in [1.29, 1.82) is 0 Å². The maximum atomic E-state index is 12.2. The SMILES string of the molecule is CCNCc1ccc(S(=O)(=O)NCC(C)c2nccs2)o1. The molecule has 0 bridgehead atoms. The van der Waals surface area contributed by atoms with E-state index in [0.717, 1.165) is 11.6 Å². The smallest absolute Gasteiger partial charge is 0.273 e. The minimum absolute atomic E-state index is 0.0240. The molecule has 1 atom stereocenters. The molecule has 1 unspecified atom stereocenters. The number of nitrogens with one attached hydrogen (secondary N) is 2. The minimum atomic E-state index is -3.62. The van der Waals surface area contributed by atoms with E-state index < -0.39 is 10.0 Å². The van der Waals surface area contributed by atoms with E-state index in [2.05, 4.69) is 15.0 Å². The summed E-state index contributed by atoms with van der Waals surface area (Å²) >= 11 is 1.51. The zero-order chi connectivity index (χ0) is 15.3. The Labute approximate surface area is 128 Å². The van der Waals surface area contributed by atoms with Gasteiger partial charge in [0.15, 0.2) is 0 Å². The number of hydrogen-bond donors (Lipinski definition) is 2. The first-order valence-electron chi connectivity index (χ1n) is 6.71. The zero-order valence-electron chi connectivity index (χ0n) is 12.0. The van der Waals surface area contributed by atoms with Gasteiger partial charge < -0.3 is 9.73 Å². The van der Waals surface area contributed by atoms with Crippen molar-refractivity contribution in [3.63, 3.8) is 0 Å². The third-order valence-electron chi connectivity index (χ3n) is 2.90. The summed E-state index contributed by atoms with van der Waals surface area (Å²) in [7, 11) is -3.62. The fourth-order valence-electron chi connectivity index (χ4n) is 1.72. The number of aromatic nitrogens is 1. The van der Waals surface area contributed by atoms with Crippen LogP contribution in [0.5, 0.6) is 0 Å². The molecular formula is C13H19N3O3S2. The highest BCUT2D eigenvalue weighted by Gasteiger charge is 2.20. The number of thiazole rings is 1. The van der Waals surface area contributed by atoms with E-state index in [1.165, 1.54) is 17.4 Å². The van der Waals surface area contributed by atoms with E-state index in [1.807, 2.05) is 19.2 Å². The van der Waals surface area contributed by atoms with Gasteiger partial charge in [-0.25, -0.2) is 18.1 Å². The van der Waals surface area contributed by atoms with Crippen molar-refractivity contribution >= 4 is 21.4 Å². The molecule has 0 aliphatic rings. The van der Waals surface area contributed by atoms with Gasteiger partial charge in [-0.2, -0.15) is 0 Å². The van der Waals surface area contributed by atoms with E-state index in [-0.39, 0.29) is 11.0 Å². The summed E-state index contributed by atoms with van der Waals surface area (Å²) in [4.78, 5) is 4.18. The molecule has 0 aliphatic heterocycles. The molecule has 21 heavy (non-hydrogen) atoms. The molecule has 0 aliphatic carbocycles. The molecule has 6 nitrogen and oxygen atoms in total. The molecule has 116 valence electrons. The number of sulfonamides is 1. The van der Waals surface area contributed by atoms with Crippen LogP contribution < -0.4 is 10.0 Å². The van der Waals surface area contributed by atoms with Crippen molar-refractivity contribution in [3.8, 4) is 0 Å². The largest absolute Gasteiger partial charge is 0.447 e. The number of nitrogens with zero attached hydrogens (tertiary/aromatic N) is 1. The van der Waals surface area contributed by atoms with Crippen molar-refractivity contribution in [2.45, 2.75) is 31.4 Å². The quantitative estimate of drug-likeness (QED) is 0.773. The standard InChI is InChI=1S/C13H19N3O3S2/c1-3-14-9-11-4-5-12(19-11)21(17,18)16-8-10(2)13-15-6-7-20-13/h4-7,10,14,16H,3,8-9H2,1-2H3. The molecule has 0 aromatic carbocycles. The second-order valence-corrected chi connectivity index (χ2v) is 7.25.